The van der Waals surface area contributed by atoms with Gasteiger partial charge in [0.15, 0.2) is 22.5 Å². The lowest BCUT2D eigenvalue weighted by Crippen LogP contribution is -2.44. The third-order valence-corrected chi connectivity index (χ3v) is 5.68. The Labute approximate surface area is 145 Å². The lowest BCUT2D eigenvalue weighted by molar-refractivity contribution is -0.160. The van der Waals surface area contributed by atoms with Crippen molar-refractivity contribution in [1.29, 1.82) is 0 Å². The number of amides is 1. The molecule has 2 rings (SSSR count). The smallest absolute Gasteiger partial charge is 0.344 e. The summed E-state index contributed by atoms with van der Waals surface area (Å²) in [6.45, 7) is 0.989. The van der Waals surface area contributed by atoms with Gasteiger partial charge in [0.1, 0.15) is 11.6 Å². The summed E-state index contributed by atoms with van der Waals surface area (Å²) in [6, 6.07) is 4.71. The molecule has 138 valence electrons. The van der Waals surface area contributed by atoms with E-state index in [1.165, 1.54) is 43.1 Å². The lowest BCUT2D eigenvalue weighted by atomic mass is 10.2. The van der Waals surface area contributed by atoms with E-state index in [0.29, 0.717) is 12.2 Å². The minimum atomic E-state index is -3.11. The molecular formula is C16H20FNO6S. The van der Waals surface area contributed by atoms with Gasteiger partial charge in [0.2, 0.25) is 0 Å². The van der Waals surface area contributed by atoms with Crippen LogP contribution in [0.4, 0.5) is 4.39 Å². The Bertz CT molecular complexity index is 733. The first-order valence-electron chi connectivity index (χ1n) is 7.73. The number of benzene rings is 1. The van der Waals surface area contributed by atoms with Crippen LogP contribution in [0.3, 0.4) is 0 Å². The SMILES string of the molecule is C[C@@H](OC(=O)COc1ccc(F)cc1)C(=O)N(C)[C@@H]1CCS(=O)(=O)C1. The second kappa shape index (κ2) is 7.81. The summed E-state index contributed by atoms with van der Waals surface area (Å²) in [4.78, 5) is 25.3. The highest BCUT2D eigenvalue weighted by Gasteiger charge is 2.34. The molecule has 0 aliphatic carbocycles. The van der Waals surface area contributed by atoms with Gasteiger partial charge in [-0.05, 0) is 37.6 Å². The fourth-order valence-corrected chi connectivity index (χ4v) is 4.28. The standard InChI is InChI=1S/C16H20FNO6S/c1-11(16(20)18(2)13-7-8-25(21,22)10-13)24-15(19)9-23-14-5-3-12(17)4-6-14/h3-6,11,13H,7-10H2,1-2H3/t11-,13-/m1/s1. The Morgan fingerprint density at radius 2 is 1.96 bits per heavy atom. The van der Waals surface area contributed by atoms with Crippen LogP contribution in [-0.4, -0.2) is 62.5 Å². The molecule has 9 heteroatoms. The topological polar surface area (TPSA) is 90.0 Å². The van der Waals surface area contributed by atoms with Crippen molar-refractivity contribution in [2.24, 2.45) is 0 Å². The molecule has 7 nitrogen and oxygen atoms in total. The zero-order valence-electron chi connectivity index (χ0n) is 14.0. The van der Waals surface area contributed by atoms with Crippen LogP contribution in [0.2, 0.25) is 0 Å². The number of likely N-dealkylation sites (N-methyl/N-ethyl adjacent to an activating group) is 1. The van der Waals surface area contributed by atoms with Crippen molar-refractivity contribution in [3.05, 3.63) is 30.1 Å². The summed E-state index contributed by atoms with van der Waals surface area (Å²) in [7, 11) is -1.62. The number of rotatable bonds is 6. The van der Waals surface area contributed by atoms with Crippen LogP contribution in [0.15, 0.2) is 24.3 Å². The van der Waals surface area contributed by atoms with E-state index in [1.807, 2.05) is 0 Å². The van der Waals surface area contributed by atoms with Crippen LogP contribution >= 0.6 is 0 Å². The van der Waals surface area contributed by atoms with Crippen LogP contribution in [0, 0.1) is 5.82 Å². The summed E-state index contributed by atoms with van der Waals surface area (Å²) in [5.74, 6) is -1.38. The molecule has 0 saturated carbocycles. The van der Waals surface area contributed by atoms with Crippen molar-refractivity contribution >= 4 is 21.7 Å². The average molecular weight is 373 g/mol. The molecule has 0 unspecified atom stereocenters. The minimum absolute atomic E-state index is 0.0506. The molecule has 0 bridgehead atoms. The van der Waals surface area contributed by atoms with Gasteiger partial charge in [0.05, 0.1) is 11.5 Å². The maximum atomic E-state index is 12.8. The second-order valence-corrected chi connectivity index (χ2v) is 8.11. The van der Waals surface area contributed by atoms with Gasteiger partial charge < -0.3 is 14.4 Å². The summed E-state index contributed by atoms with van der Waals surface area (Å²) >= 11 is 0. The molecular weight excluding hydrogens is 353 g/mol. The molecule has 1 aliphatic rings. The molecule has 2 atom stereocenters. The highest BCUT2D eigenvalue weighted by atomic mass is 32.2. The molecule has 1 aromatic rings. The van der Waals surface area contributed by atoms with Gasteiger partial charge in [0, 0.05) is 13.1 Å². The molecule has 1 saturated heterocycles. The van der Waals surface area contributed by atoms with Crippen molar-refractivity contribution in [2.75, 3.05) is 25.2 Å². The predicted molar refractivity (Wildman–Crippen MR) is 87.3 cm³/mol. The van der Waals surface area contributed by atoms with E-state index in [4.69, 9.17) is 9.47 Å². The Morgan fingerprint density at radius 3 is 2.52 bits per heavy atom. The zero-order chi connectivity index (χ0) is 18.6. The first-order chi connectivity index (χ1) is 11.7. The van der Waals surface area contributed by atoms with E-state index >= 15 is 0 Å². The van der Waals surface area contributed by atoms with E-state index in [0.717, 1.165) is 0 Å². The number of hydrogen-bond donors (Lipinski definition) is 0. The molecule has 1 heterocycles. The van der Waals surface area contributed by atoms with Gasteiger partial charge in [0.25, 0.3) is 5.91 Å². The number of nitrogens with zero attached hydrogens (tertiary/aromatic N) is 1. The van der Waals surface area contributed by atoms with Crippen molar-refractivity contribution in [2.45, 2.75) is 25.5 Å². The van der Waals surface area contributed by atoms with Crippen LogP contribution in [-0.2, 0) is 24.2 Å². The lowest BCUT2D eigenvalue weighted by Gasteiger charge is -2.26. The number of ether oxygens (including phenoxy) is 2. The number of esters is 1. The van der Waals surface area contributed by atoms with Gasteiger partial charge in [-0.3, -0.25) is 4.79 Å². The summed E-state index contributed by atoms with van der Waals surface area (Å²) in [5, 5.41) is 0. The second-order valence-electron chi connectivity index (χ2n) is 5.88. The van der Waals surface area contributed by atoms with Crippen molar-refractivity contribution < 1.29 is 31.9 Å². The molecule has 1 amide bonds. The van der Waals surface area contributed by atoms with E-state index in [1.54, 1.807) is 0 Å². The monoisotopic (exact) mass is 373 g/mol. The number of sulfone groups is 1. The zero-order valence-corrected chi connectivity index (χ0v) is 14.8. The molecule has 0 N–H and O–H groups in total. The van der Waals surface area contributed by atoms with Crippen molar-refractivity contribution in [3.63, 3.8) is 0 Å². The fourth-order valence-electron chi connectivity index (χ4n) is 2.50. The Morgan fingerprint density at radius 1 is 1.32 bits per heavy atom. The Balaban J connectivity index is 1.81. The first kappa shape index (κ1) is 19.2. The van der Waals surface area contributed by atoms with Crippen molar-refractivity contribution in [3.8, 4) is 5.75 Å². The molecule has 1 aliphatic heterocycles. The third kappa shape index (κ3) is 5.42. The van der Waals surface area contributed by atoms with Crippen LogP contribution in [0.25, 0.3) is 0 Å². The number of carbonyl (C=O) groups is 2. The molecule has 1 fully saturated rings. The molecule has 0 radical (unpaired) electrons. The molecule has 25 heavy (non-hydrogen) atoms. The fraction of sp³-hybridized carbons (Fsp3) is 0.500. The quantitative estimate of drug-likeness (QED) is 0.685. The molecule has 1 aromatic carbocycles. The Kier molecular flexibility index (Phi) is 5.99. The Hall–Kier alpha value is -2.16. The van der Waals surface area contributed by atoms with E-state index < -0.39 is 46.3 Å². The van der Waals surface area contributed by atoms with E-state index in [9.17, 15) is 22.4 Å². The molecule has 0 spiro atoms. The predicted octanol–water partition coefficient (Wildman–Crippen LogP) is 0.782. The minimum Gasteiger partial charge on any atom is -0.482 e. The normalized spacial score (nSPS) is 19.9. The molecule has 0 aromatic heterocycles. The van der Waals surface area contributed by atoms with Gasteiger partial charge >= 0.3 is 5.97 Å². The third-order valence-electron chi connectivity index (χ3n) is 3.93. The maximum Gasteiger partial charge on any atom is 0.344 e. The summed E-state index contributed by atoms with van der Waals surface area (Å²) in [5.41, 5.74) is 0. The van der Waals surface area contributed by atoms with E-state index in [2.05, 4.69) is 0 Å². The average Bonchev–Trinajstić information content (AvgIpc) is 2.93. The maximum absolute atomic E-state index is 12.8. The van der Waals surface area contributed by atoms with Gasteiger partial charge in [-0.15, -0.1) is 0 Å². The summed E-state index contributed by atoms with van der Waals surface area (Å²) in [6.07, 6.45) is -0.684. The largest absolute Gasteiger partial charge is 0.482 e. The van der Waals surface area contributed by atoms with Crippen LogP contribution in [0.5, 0.6) is 5.75 Å². The number of hydrogen-bond acceptors (Lipinski definition) is 6. The summed E-state index contributed by atoms with van der Waals surface area (Å²) < 4.78 is 45.9. The van der Waals surface area contributed by atoms with E-state index in [-0.39, 0.29) is 11.5 Å². The number of halogens is 1. The van der Waals surface area contributed by atoms with Gasteiger partial charge in [-0.1, -0.05) is 0 Å². The van der Waals surface area contributed by atoms with Gasteiger partial charge in [-0.2, -0.15) is 0 Å². The van der Waals surface area contributed by atoms with Crippen LogP contribution in [0.1, 0.15) is 13.3 Å². The number of carbonyl (C=O) groups excluding carboxylic acids is 2. The highest BCUT2D eigenvalue weighted by molar-refractivity contribution is 7.91. The van der Waals surface area contributed by atoms with Crippen LogP contribution < -0.4 is 4.74 Å². The van der Waals surface area contributed by atoms with Gasteiger partial charge in [-0.25, -0.2) is 17.6 Å². The van der Waals surface area contributed by atoms with Crippen molar-refractivity contribution in [1.82, 2.24) is 4.90 Å². The highest BCUT2D eigenvalue weighted by Crippen LogP contribution is 2.18. The first-order valence-corrected chi connectivity index (χ1v) is 9.55.